The van der Waals surface area contributed by atoms with Gasteiger partial charge in [-0.25, -0.2) is 4.79 Å². The van der Waals surface area contributed by atoms with Crippen LogP contribution in [0.4, 0.5) is 4.79 Å². The van der Waals surface area contributed by atoms with Crippen molar-refractivity contribution in [3.05, 3.63) is 66.2 Å². The van der Waals surface area contributed by atoms with Gasteiger partial charge in [0.1, 0.15) is 5.75 Å². The van der Waals surface area contributed by atoms with Crippen LogP contribution in [0.2, 0.25) is 18.1 Å². The number of para-hydroxylation sites is 1. The number of aliphatic hydroxyl groups is 1. The molecule has 140 valence electrons. The average Bonchev–Trinajstić information content (AvgIpc) is 2.59. The van der Waals surface area contributed by atoms with Gasteiger partial charge in [-0.1, -0.05) is 82.4 Å². The normalized spacial score (nSPS) is 14.4. The van der Waals surface area contributed by atoms with Gasteiger partial charge in [-0.15, -0.1) is 0 Å². The zero-order valence-corrected chi connectivity index (χ0v) is 17.2. The first-order valence-corrected chi connectivity index (χ1v) is 12.0. The molecule has 0 fully saturated rings. The monoisotopic (exact) mass is 371 g/mol. The number of benzene rings is 2. The van der Waals surface area contributed by atoms with Crippen LogP contribution in [-0.4, -0.2) is 25.0 Å². The molecule has 0 saturated carbocycles. The van der Waals surface area contributed by atoms with Crippen molar-refractivity contribution in [2.45, 2.75) is 50.7 Å². The van der Waals surface area contributed by atoms with E-state index in [1.807, 2.05) is 48.5 Å². The summed E-state index contributed by atoms with van der Waals surface area (Å²) in [5.74, 6) is 0.471. The topological polar surface area (TPSA) is 58.6 Å². The molecule has 4 nitrogen and oxygen atoms in total. The van der Waals surface area contributed by atoms with Crippen LogP contribution < -0.4 is 10.1 Å². The number of aliphatic hydroxyl groups excluding tert-OH is 1. The Kier molecular flexibility index (Phi) is 6.26. The Bertz CT molecular complexity index is 711. The number of amides is 1. The number of hydrogen-bond acceptors (Lipinski definition) is 3. The first-order valence-electron chi connectivity index (χ1n) is 8.89. The van der Waals surface area contributed by atoms with E-state index < -0.39 is 25.9 Å². The minimum Gasteiger partial charge on any atom is -0.410 e. The van der Waals surface area contributed by atoms with E-state index in [4.69, 9.17) is 4.74 Å². The lowest BCUT2D eigenvalue weighted by Crippen LogP contribution is -2.55. The summed E-state index contributed by atoms with van der Waals surface area (Å²) in [6, 6.07) is 18.0. The molecule has 5 heteroatoms. The van der Waals surface area contributed by atoms with E-state index in [9.17, 15) is 9.90 Å². The van der Waals surface area contributed by atoms with Crippen LogP contribution >= 0.6 is 0 Å². The minimum absolute atomic E-state index is 0.0234. The molecule has 2 N–H and O–H groups in total. The maximum absolute atomic E-state index is 12.4. The lowest BCUT2D eigenvalue weighted by Gasteiger charge is -2.43. The summed E-state index contributed by atoms with van der Waals surface area (Å²) in [5, 5.41) is 14.1. The van der Waals surface area contributed by atoms with E-state index in [1.165, 1.54) is 0 Å². The molecular formula is C21H29NO3Si. The Morgan fingerprint density at radius 2 is 1.50 bits per heavy atom. The van der Waals surface area contributed by atoms with Crippen molar-refractivity contribution < 1.29 is 14.6 Å². The van der Waals surface area contributed by atoms with E-state index in [0.717, 1.165) is 5.56 Å². The standard InChI is InChI=1S/C21H29NO3Si/c1-21(2,3)26(4,5)19(23)18(16-12-8-6-9-13-16)22-20(24)25-17-14-10-7-11-15-17/h6-15,18-19,23H,1-5H3,(H,22,24)/t18-,19?/m1/s1. The van der Waals surface area contributed by atoms with Crippen molar-refractivity contribution in [2.24, 2.45) is 0 Å². The summed E-state index contributed by atoms with van der Waals surface area (Å²) in [6.07, 6.45) is -0.567. The summed E-state index contributed by atoms with van der Waals surface area (Å²) < 4.78 is 5.37. The molecule has 1 unspecified atom stereocenters. The Morgan fingerprint density at radius 1 is 1.00 bits per heavy atom. The molecule has 0 aliphatic carbocycles. The van der Waals surface area contributed by atoms with Gasteiger partial charge in [0.25, 0.3) is 0 Å². The smallest absolute Gasteiger partial charge is 0.410 e. The molecule has 0 heterocycles. The molecule has 0 bridgehead atoms. The van der Waals surface area contributed by atoms with Crippen molar-refractivity contribution in [3.63, 3.8) is 0 Å². The molecule has 0 aromatic heterocycles. The van der Waals surface area contributed by atoms with Gasteiger partial charge in [0.2, 0.25) is 0 Å². The van der Waals surface area contributed by atoms with Crippen molar-refractivity contribution >= 4 is 14.2 Å². The third-order valence-electron chi connectivity index (χ3n) is 5.37. The summed E-state index contributed by atoms with van der Waals surface area (Å²) in [4.78, 5) is 12.4. The van der Waals surface area contributed by atoms with Crippen LogP contribution in [-0.2, 0) is 0 Å². The SMILES string of the molecule is CC(C)(C)[Si](C)(C)C(O)[C@H](NC(=O)Oc1ccccc1)c1ccccc1. The van der Waals surface area contributed by atoms with E-state index in [-0.39, 0.29) is 5.04 Å². The summed E-state index contributed by atoms with van der Waals surface area (Å²) >= 11 is 0. The average molecular weight is 372 g/mol. The lowest BCUT2D eigenvalue weighted by molar-refractivity contribution is 0.163. The largest absolute Gasteiger partial charge is 0.413 e. The first-order chi connectivity index (χ1) is 12.1. The van der Waals surface area contributed by atoms with E-state index in [0.29, 0.717) is 5.75 Å². The molecule has 0 aliphatic rings. The number of carbonyl (C=O) groups excluding carboxylic acids is 1. The Morgan fingerprint density at radius 3 is 2.00 bits per heavy atom. The fourth-order valence-corrected chi connectivity index (χ4v) is 4.61. The molecule has 1 amide bonds. The fraction of sp³-hybridized carbons (Fsp3) is 0.381. The highest BCUT2D eigenvalue weighted by molar-refractivity contribution is 6.81. The van der Waals surface area contributed by atoms with Gasteiger partial charge in [-0.2, -0.15) is 0 Å². The Labute approximate surface area is 157 Å². The van der Waals surface area contributed by atoms with Crippen LogP contribution in [0.15, 0.2) is 60.7 Å². The molecule has 0 aliphatic heterocycles. The van der Waals surface area contributed by atoms with Gasteiger partial charge in [-0.3, -0.25) is 0 Å². The van der Waals surface area contributed by atoms with Gasteiger partial charge in [-0.05, 0) is 22.7 Å². The maximum atomic E-state index is 12.4. The summed E-state index contributed by atoms with van der Waals surface area (Å²) in [7, 11) is -2.13. The fourth-order valence-electron chi connectivity index (χ4n) is 2.62. The lowest BCUT2D eigenvalue weighted by atomic mass is 10.1. The Hall–Kier alpha value is -2.11. The van der Waals surface area contributed by atoms with Gasteiger partial charge < -0.3 is 15.2 Å². The third kappa shape index (κ3) is 4.74. The zero-order chi connectivity index (χ0) is 19.4. The van der Waals surface area contributed by atoms with Crippen molar-refractivity contribution in [1.82, 2.24) is 5.32 Å². The van der Waals surface area contributed by atoms with Gasteiger partial charge in [0.05, 0.1) is 19.8 Å². The van der Waals surface area contributed by atoms with Gasteiger partial charge >= 0.3 is 6.09 Å². The number of rotatable bonds is 5. The first kappa shape index (κ1) is 20.2. The van der Waals surface area contributed by atoms with E-state index in [2.05, 4.69) is 39.2 Å². The Balaban J connectivity index is 2.26. The van der Waals surface area contributed by atoms with Crippen LogP contribution in [0.5, 0.6) is 5.75 Å². The predicted molar refractivity (Wildman–Crippen MR) is 108 cm³/mol. The number of carbonyl (C=O) groups is 1. The second kappa shape index (κ2) is 8.06. The summed E-state index contributed by atoms with van der Waals surface area (Å²) in [5.41, 5.74) is 0.211. The molecule has 26 heavy (non-hydrogen) atoms. The van der Waals surface area contributed by atoms with Gasteiger partial charge in [0.15, 0.2) is 0 Å². The van der Waals surface area contributed by atoms with Gasteiger partial charge in [0, 0.05) is 0 Å². The van der Waals surface area contributed by atoms with Crippen LogP contribution in [0, 0.1) is 0 Å². The highest BCUT2D eigenvalue weighted by Crippen LogP contribution is 2.41. The number of nitrogens with one attached hydrogen (secondary N) is 1. The molecule has 0 saturated heterocycles. The van der Waals surface area contributed by atoms with Crippen molar-refractivity contribution in [2.75, 3.05) is 0 Å². The summed E-state index contributed by atoms with van der Waals surface area (Å²) in [6.45, 7) is 10.7. The van der Waals surface area contributed by atoms with E-state index >= 15 is 0 Å². The molecule has 2 rings (SSSR count). The highest BCUT2D eigenvalue weighted by atomic mass is 28.3. The predicted octanol–water partition coefficient (Wildman–Crippen LogP) is 4.92. The quantitative estimate of drug-likeness (QED) is 0.733. The zero-order valence-electron chi connectivity index (χ0n) is 16.2. The second-order valence-corrected chi connectivity index (χ2v) is 13.7. The highest BCUT2D eigenvalue weighted by Gasteiger charge is 2.45. The third-order valence-corrected chi connectivity index (χ3v) is 11.1. The van der Waals surface area contributed by atoms with Crippen molar-refractivity contribution in [3.8, 4) is 5.75 Å². The van der Waals surface area contributed by atoms with Crippen LogP contribution in [0.1, 0.15) is 32.4 Å². The number of hydrogen-bond donors (Lipinski definition) is 2. The molecule has 0 radical (unpaired) electrons. The van der Waals surface area contributed by atoms with Crippen molar-refractivity contribution in [1.29, 1.82) is 0 Å². The molecule has 0 spiro atoms. The van der Waals surface area contributed by atoms with Crippen LogP contribution in [0.3, 0.4) is 0 Å². The van der Waals surface area contributed by atoms with E-state index in [1.54, 1.807) is 12.1 Å². The molecule has 2 atom stereocenters. The number of ether oxygens (including phenoxy) is 1. The minimum atomic E-state index is -2.13. The maximum Gasteiger partial charge on any atom is 0.413 e. The molecule has 2 aromatic carbocycles. The molecular weight excluding hydrogens is 342 g/mol. The second-order valence-electron chi connectivity index (χ2n) is 8.15. The van der Waals surface area contributed by atoms with Crippen LogP contribution in [0.25, 0.3) is 0 Å². The molecule has 2 aromatic rings.